The smallest absolute Gasteiger partial charge is 0.409 e. The first-order valence-corrected chi connectivity index (χ1v) is 10.1. The van der Waals surface area contributed by atoms with Crippen molar-refractivity contribution in [3.05, 3.63) is 35.9 Å². The molecule has 1 aromatic rings. The molecular weight excluding hydrogens is 358 g/mol. The molecule has 0 saturated carbocycles. The summed E-state index contributed by atoms with van der Waals surface area (Å²) in [5, 5.41) is 0. The molecule has 2 fully saturated rings. The van der Waals surface area contributed by atoms with Crippen molar-refractivity contribution < 1.29 is 19.1 Å². The largest absolute Gasteiger partial charge is 0.449 e. The van der Waals surface area contributed by atoms with Gasteiger partial charge in [-0.15, -0.1) is 0 Å². The average Bonchev–Trinajstić information content (AvgIpc) is 3.08. The van der Waals surface area contributed by atoms with Crippen molar-refractivity contribution in [1.29, 1.82) is 0 Å². The summed E-state index contributed by atoms with van der Waals surface area (Å²) >= 11 is 0. The number of amides is 3. The molecule has 0 aromatic heterocycles. The highest BCUT2D eigenvalue weighted by Crippen LogP contribution is 2.23. The second-order valence-corrected chi connectivity index (χ2v) is 7.44. The van der Waals surface area contributed by atoms with Crippen LogP contribution >= 0.6 is 0 Å². The topological polar surface area (TPSA) is 70.2 Å². The SMILES string of the molecule is CCCCOC(=O)N1CCN(C(=O)C2CC(=O)N(Cc3ccccc3)C2)CC1. The van der Waals surface area contributed by atoms with E-state index >= 15 is 0 Å². The number of hydrogen-bond donors (Lipinski definition) is 0. The molecule has 1 unspecified atom stereocenters. The Kier molecular flexibility index (Phi) is 6.90. The standard InChI is InChI=1S/C21H29N3O4/c1-2-3-13-28-21(27)23-11-9-22(10-12-23)20(26)18-14-19(25)24(16-18)15-17-7-5-4-6-8-17/h4-8,18H,2-3,9-16H2,1H3. The number of piperazine rings is 1. The van der Waals surface area contributed by atoms with E-state index in [1.165, 1.54) is 0 Å². The highest BCUT2D eigenvalue weighted by molar-refractivity contribution is 5.89. The van der Waals surface area contributed by atoms with Crippen molar-refractivity contribution in [2.24, 2.45) is 5.92 Å². The summed E-state index contributed by atoms with van der Waals surface area (Å²) in [5.74, 6) is -0.248. The second-order valence-electron chi connectivity index (χ2n) is 7.44. The highest BCUT2D eigenvalue weighted by Gasteiger charge is 2.37. The Hall–Kier alpha value is -2.57. The molecule has 0 radical (unpaired) electrons. The van der Waals surface area contributed by atoms with Crippen molar-refractivity contribution in [3.8, 4) is 0 Å². The molecule has 3 rings (SSSR count). The summed E-state index contributed by atoms with van der Waals surface area (Å²) in [5.41, 5.74) is 1.07. The van der Waals surface area contributed by atoms with E-state index < -0.39 is 0 Å². The van der Waals surface area contributed by atoms with Gasteiger partial charge in [0.1, 0.15) is 0 Å². The van der Waals surface area contributed by atoms with Gasteiger partial charge in [-0.1, -0.05) is 43.7 Å². The molecule has 152 valence electrons. The highest BCUT2D eigenvalue weighted by atomic mass is 16.6. The van der Waals surface area contributed by atoms with Gasteiger partial charge in [-0.05, 0) is 12.0 Å². The van der Waals surface area contributed by atoms with E-state index in [0.29, 0.717) is 45.9 Å². The van der Waals surface area contributed by atoms with Gasteiger partial charge in [-0.2, -0.15) is 0 Å². The van der Waals surface area contributed by atoms with Gasteiger partial charge in [0.05, 0.1) is 12.5 Å². The molecule has 2 aliphatic heterocycles. The van der Waals surface area contributed by atoms with Gasteiger partial charge >= 0.3 is 6.09 Å². The van der Waals surface area contributed by atoms with Crippen molar-refractivity contribution in [2.45, 2.75) is 32.7 Å². The molecule has 7 heteroatoms. The van der Waals surface area contributed by atoms with Crippen LogP contribution in [0.15, 0.2) is 30.3 Å². The van der Waals surface area contributed by atoms with Gasteiger partial charge in [0.2, 0.25) is 11.8 Å². The minimum absolute atomic E-state index is 0.0166. The number of unbranched alkanes of at least 4 members (excludes halogenated alkanes) is 1. The predicted octanol–water partition coefficient (Wildman–Crippen LogP) is 2.12. The third-order valence-electron chi connectivity index (χ3n) is 5.35. The molecule has 2 saturated heterocycles. The zero-order valence-corrected chi connectivity index (χ0v) is 16.5. The van der Waals surface area contributed by atoms with E-state index in [4.69, 9.17) is 4.74 Å². The maximum atomic E-state index is 12.8. The molecule has 3 amide bonds. The maximum Gasteiger partial charge on any atom is 0.409 e. The van der Waals surface area contributed by atoms with Crippen LogP contribution in [-0.2, 0) is 20.9 Å². The van der Waals surface area contributed by atoms with Crippen molar-refractivity contribution in [3.63, 3.8) is 0 Å². The number of benzene rings is 1. The van der Waals surface area contributed by atoms with Gasteiger partial charge in [0, 0.05) is 45.7 Å². The lowest BCUT2D eigenvalue weighted by atomic mass is 10.1. The molecule has 7 nitrogen and oxygen atoms in total. The maximum absolute atomic E-state index is 12.8. The number of rotatable bonds is 6. The lowest BCUT2D eigenvalue weighted by Gasteiger charge is -2.35. The first-order chi connectivity index (χ1) is 13.6. The van der Waals surface area contributed by atoms with E-state index in [-0.39, 0.29) is 30.2 Å². The van der Waals surface area contributed by atoms with Crippen LogP contribution in [0.1, 0.15) is 31.7 Å². The van der Waals surface area contributed by atoms with Crippen molar-refractivity contribution in [2.75, 3.05) is 39.3 Å². The number of ether oxygens (including phenoxy) is 1. The molecule has 2 heterocycles. The monoisotopic (exact) mass is 387 g/mol. The minimum atomic E-state index is -0.300. The van der Waals surface area contributed by atoms with Crippen LogP contribution < -0.4 is 0 Å². The molecule has 0 spiro atoms. The lowest BCUT2D eigenvalue weighted by Crippen LogP contribution is -2.52. The third-order valence-corrected chi connectivity index (χ3v) is 5.35. The first-order valence-electron chi connectivity index (χ1n) is 10.1. The zero-order chi connectivity index (χ0) is 19.9. The van der Waals surface area contributed by atoms with Crippen LogP contribution in [0.5, 0.6) is 0 Å². The summed E-state index contributed by atoms with van der Waals surface area (Å²) in [6.07, 6.45) is 1.81. The van der Waals surface area contributed by atoms with Crippen LogP contribution in [0.4, 0.5) is 4.79 Å². The molecule has 0 bridgehead atoms. The van der Waals surface area contributed by atoms with Gasteiger partial charge < -0.3 is 19.4 Å². The zero-order valence-electron chi connectivity index (χ0n) is 16.5. The van der Waals surface area contributed by atoms with Crippen LogP contribution in [-0.4, -0.2) is 71.9 Å². The van der Waals surface area contributed by atoms with Gasteiger partial charge in [0.15, 0.2) is 0 Å². The Morgan fingerprint density at radius 1 is 1.07 bits per heavy atom. The number of likely N-dealkylation sites (tertiary alicyclic amines) is 1. The molecule has 28 heavy (non-hydrogen) atoms. The van der Waals surface area contributed by atoms with E-state index in [2.05, 4.69) is 0 Å². The van der Waals surface area contributed by atoms with Crippen LogP contribution in [0, 0.1) is 5.92 Å². The quantitative estimate of drug-likeness (QED) is 0.701. The average molecular weight is 387 g/mol. The Balaban J connectivity index is 1.46. The fourth-order valence-electron chi connectivity index (χ4n) is 3.66. The van der Waals surface area contributed by atoms with Crippen molar-refractivity contribution in [1.82, 2.24) is 14.7 Å². The molecule has 2 aliphatic rings. The summed E-state index contributed by atoms with van der Waals surface area (Å²) in [6.45, 7) is 5.43. The Morgan fingerprint density at radius 3 is 2.43 bits per heavy atom. The molecule has 1 aromatic carbocycles. The molecule has 0 aliphatic carbocycles. The summed E-state index contributed by atoms with van der Waals surface area (Å²) < 4.78 is 5.23. The van der Waals surface area contributed by atoms with Gasteiger partial charge in [-0.3, -0.25) is 9.59 Å². The molecule has 1 atom stereocenters. The van der Waals surface area contributed by atoms with Crippen LogP contribution in [0.25, 0.3) is 0 Å². The normalized spacial score (nSPS) is 19.8. The molecule has 0 N–H and O–H groups in total. The first kappa shape index (κ1) is 20.2. The Bertz CT molecular complexity index is 686. The van der Waals surface area contributed by atoms with Crippen LogP contribution in [0.2, 0.25) is 0 Å². The van der Waals surface area contributed by atoms with E-state index in [0.717, 1.165) is 18.4 Å². The van der Waals surface area contributed by atoms with Gasteiger partial charge in [-0.25, -0.2) is 4.79 Å². The summed E-state index contributed by atoms with van der Waals surface area (Å²) in [7, 11) is 0. The van der Waals surface area contributed by atoms with Crippen molar-refractivity contribution >= 4 is 17.9 Å². The fourth-order valence-corrected chi connectivity index (χ4v) is 3.66. The van der Waals surface area contributed by atoms with E-state index in [1.54, 1.807) is 14.7 Å². The number of hydrogen-bond acceptors (Lipinski definition) is 4. The number of carbonyl (C=O) groups excluding carboxylic acids is 3. The molecular formula is C21H29N3O4. The van der Waals surface area contributed by atoms with E-state index in [1.807, 2.05) is 37.3 Å². The Morgan fingerprint density at radius 2 is 1.75 bits per heavy atom. The third kappa shape index (κ3) is 5.03. The summed E-state index contributed by atoms with van der Waals surface area (Å²) in [6, 6.07) is 9.82. The lowest BCUT2D eigenvalue weighted by molar-refractivity contribution is -0.137. The van der Waals surface area contributed by atoms with Gasteiger partial charge in [0.25, 0.3) is 0 Å². The van der Waals surface area contributed by atoms with Crippen LogP contribution in [0.3, 0.4) is 0 Å². The minimum Gasteiger partial charge on any atom is -0.449 e. The second kappa shape index (κ2) is 9.57. The summed E-state index contributed by atoms with van der Waals surface area (Å²) in [4.78, 5) is 42.4. The number of carbonyl (C=O) groups is 3. The van der Waals surface area contributed by atoms with E-state index in [9.17, 15) is 14.4 Å². The fraction of sp³-hybridized carbons (Fsp3) is 0.571. The predicted molar refractivity (Wildman–Crippen MR) is 104 cm³/mol. The number of nitrogens with zero attached hydrogens (tertiary/aromatic N) is 3. The Labute approximate surface area is 166 Å².